The van der Waals surface area contributed by atoms with Crippen LogP contribution in [-0.4, -0.2) is 11.1 Å². The van der Waals surface area contributed by atoms with Crippen molar-refractivity contribution >= 4 is 23.0 Å². The molecule has 2 N–H and O–H groups in total. The second-order valence-electron chi connectivity index (χ2n) is 3.88. The average Bonchev–Trinajstić information content (AvgIpc) is 2.73. The Morgan fingerprint density at radius 2 is 2.22 bits per heavy atom. The third-order valence-electron chi connectivity index (χ3n) is 2.62. The summed E-state index contributed by atoms with van der Waals surface area (Å²) in [5.74, 6) is -1.51. The number of hydrogen-bond donors (Lipinski definition) is 2. The third kappa shape index (κ3) is 2.68. The summed E-state index contributed by atoms with van der Waals surface area (Å²) in [4.78, 5) is 11.9. The fraction of sp³-hybridized carbons (Fsp3) is 0.154. The van der Waals surface area contributed by atoms with Crippen molar-refractivity contribution in [3.8, 4) is 0 Å². The molecule has 0 unspecified atom stereocenters. The molecule has 2 rings (SSSR count). The van der Waals surface area contributed by atoms with Crippen molar-refractivity contribution in [2.75, 3.05) is 5.32 Å². The highest BCUT2D eigenvalue weighted by Crippen LogP contribution is 2.20. The van der Waals surface area contributed by atoms with Gasteiger partial charge in [0.1, 0.15) is 5.82 Å². The van der Waals surface area contributed by atoms with Crippen LogP contribution >= 0.6 is 11.3 Å². The lowest BCUT2D eigenvalue weighted by molar-refractivity contribution is 0.0697. The molecule has 1 aromatic carbocycles. The Hall–Kier alpha value is -1.88. The van der Waals surface area contributed by atoms with Crippen molar-refractivity contribution in [3.63, 3.8) is 0 Å². The summed E-state index contributed by atoms with van der Waals surface area (Å²) in [5, 5.41) is 13.7. The Morgan fingerprint density at radius 3 is 2.83 bits per heavy atom. The Kier molecular flexibility index (Phi) is 3.62. The molecule has 2 aromatic rings. The van der Waals surface area contributed by atoms with Gasteiger partial charge in [0.25, 0.3) is 0 Å². The second kappa shape index (κ2) is 5.18. The maximum Gasteiger partial charge on any atom is 0.335 e. The van der Waals surface area contributed by atoms with Crippen molar-refractivity contribution < 1.29 is 14.3 Å². The molecule has 0 spiro atoms. The van der Waals surface area contributed by atoms with E-state index in [-0.39, 0.29) is 11.3 Å². The number of thiophene rings is 1. The van der Waals surface area contributed by atoms with E-state index in [0.717, 1.165) is 16.5 Å². The Balaban J connectivity index is 2.16. The van der Waals surface area contributed by atoms with Gasteiger partial charge in [-0.2, -0.15) is 0 Å². The maximum atomic E-state index is 13.5. The molecule has 0 fully saturated rings. The first-order chi connectivity index (χ1) is 8.58. The number of rotatable bonds is 4. The lowest BCUT2D eigenvalue weighted by Crippen LogP contribution is -2.04. The zero-order chi connectivity index (χ0) is 13.1. The first-order valence-electron chi connectivity index (χ1n) is 5.37. The van der Waals surface area contributed by atoms with Gasteiger partial charge in [-0.3, -0.25) is 0 Å². The van der Waals surface area contributed by atoms with Gasteiger partial charge in [0.15, 0.2) is 0 Å². The number of hydrogen-bond acceptors (Lipinski definition) is 3. The standard InChI is InChI=1S/C13H12FNO2S/c1-8-4-5-18-12(8)7-15-11-6-9(13(16)17)2-3-10(11)14/h2-6,15H,7H2,1H3,(H,16,17). The van der Waals surface area contributed by atoms with Crippen LogP contribution in [0, 0.1) is 12.7 Å². The Morgan fingerprint density at radius 1 is 1.44 bits per heavy atom. The van der Waals surface area contributed by atoms with E-state index in [2.05, 4.69) is 5.32 Å². The van der Waals surface area contributed by atoms with Gasteiger partial charge in [0, 0.05) is 11.4 Å². The van der Waals surface area contributed by atoms with Crippen LogP contribution in [0.4, 0.5) is 10.1 Å². The molecule has 94 valence electrons. The summed E-state index contributed by atoms with van der Waals surface area (Å²) in [6, 6.07) is 5.71. The lowest BCUT2D eigenvalue weighted by Gasteiger charge is -2.08. The van der Waals surface area contributed by atoms with E-state index in [9.17, 15) is 9.18 Å². The highest BCUT2D eigenvalue weighted by Gasteiger charge is 2.08. The van der Waals surface area contributed by atoms with E-state index in [1.807, 2.05) is 18.4 Å². The summed E-state index contributed by atoms with van der Waals surface area (Å²) in [6.07, 6.45) is 0. The summed E-state index contributed by atoms with van der Waals surface area (Å²) in [6.45, 7) is 2.47. The van der Waals surface area contributed by atoms with Crippen LogP contribution in [-0.2, 0) is 6.54 Å². The van der Waals surface area contributed by atoms with Crippen LogP contribution in [0.15, 0.2) is 29.6 Å². The van der Waals surface area contributed by atoms with Crippen LogP contribution in [0.5, 0.6) is 0 Å². The second-order valence-corrected chi connectivity index (χ2v) is 4.88. The largest absolute Gasteiger partial charge is 0.478 e. The summed E-state index contributed by atoms with van der Waals surface area (Å²) >= 11 is 1.58. The van der Waals surface area contributed by atoms with E-state index in [1.165, 1.54) is 12.1 Å². The van der Waals surface area contributed by atoms with Crippen LogP contribution in [0.25, 0.3) is 0 Å². The quantitative estimate of drug-likeness (QED) is 0.889. The zero-order valence-corrected chi connectivity index (χ0v) is 10.6. The Bertz CT molecular complexity index is 580. The van der Waals surface area contributed by atoms with Crippen molar-refractivity contribution in [2.45, 2.75) is 13.5 Å². The number of carboxylic acid groups (broad SMARTS) is 1. The molecule has 0 bridgehead atoms. The van der Waals surface area contributed by atoms with Gasteiger partial charge in [0.2, 0.25) is 0 Å². The smallest absolute Gasteiger partial charge is 0.335 e. The molecule has 18 heavy (non-hydrogen) atoms. The molecule has 0 aliphatic rings. The molecule has 0 saturated carbocycles. The topological polar surface area (TPSA) is 49.3 Å². The SMILES string of the molecule is Cc1ccsc1CNc1cc(C(=O)O)ccc1F. The van der Waals surface area contributed by atoms with E-state index < -0.39 is 11.8 Å². The highest BCUT2D eigenvalue weighted by molar-refractivity contribution is 7.10. The van der Waals surface area contributed by atoms with Gasteiger partial charge >= 0.3 is 5.97 Å². The van der Waals surface area contributed by atoms with Gasteiger partial charge in [-0.15, -0.1) is 11.3 Å². The maximum absolute atomic E-state index is 13.5. The number of carbonyl (C=O) groups is 1. The van der Waals surface area contributed by atoms with Gasteiger partial charge in [-0.05, 0) is 42.1 Å². The number of aryl methyl sites for hydroxylation is 1. The van der Waals surface area contributed by atoms with Crippen molar-refractivity contribution in [3.05, 3.63) is 51.5 Å². The summed E-state index contributed by atoms with van der Waals surface area (Å²) in [5.41, 5.74) is 1.42. The molecule has 0 aliphatic heterocycles. The van der Waals surface area contributed by atoms with Crippen molar-refractivity contribution in [1.29, 1.82) is 0 Å². The van der Waals surface area contributed by atoms with E-state index >= 15 is 0 Å². The van der Waals surface area contributed by atoms with Gasteiger partial charge < -0.3 is 10.4 Å². The third-order valence-corrected chi connectivity index (χ3v) is 3.64. The fourth-order valence-electron chi connectivity index (χ4n) is 1.55. The normalized spacial score (nSPS) is 10.3. The number of carboxylic acids is 1. The minimum absolute atomic E-state index is 0.0711. The predicted octanol–water partition coefficient (Wildman–Crippen LogP) is 3.51. The van der Waals surface area contributed by atoms with E-state index in [0.29, 0.717) is 6.54 Å². The molecule has 0 saturated heterocycles. The van der Waals surface area contributed by atoms with Crippen LogP contribution in [0.3, 0.4) is 0 Å². The molecular weight excluding hydrogens is 253 g/mol. The van der Waals surface area contributed by atoms with E-state index in [1.54, 1.807) is 11.3 Å². The molecule has 3 nitrogen and oxygen atoms in total. The van der Waals surface area contributed by atoms with Gasteiger partial charge in [-0.25, -0.2) is 9.18 Å². The van der Waals surface area contributed by atoms with Crippen molar-refractivity contribution in [1.82, 2.24) is 0 Å². The number of benzene rings is 1. The lowest BCUT2D eigenvalue weighted by atomic mass is 10.2. The molecule has 5 heteroatoms. The molecule has 1 heterocycles. The minimum Gasteiger partial charge on any atom is -0.478 e. The highest BCUT2D eigenvalue weighted by atomic mass is 32.1. The summed E-state index contributed by atoms with van der Waals surface area (Å²) in [7, 11) is 0. The molecule has 0 amide bonds. The van der Waals surface area contributed by atoms with E-state index in [4.69, 9.17) is 5.11 Å². The van der Waals surface area contributed by atoms with Crippen LogP contribution in [0.1, 0.15) is 20.8 Å². The minimum atomic E-state index is -1.06. The van der Waals surface area contributed by atoms with Gasteiger partial charge in [0.05, 0.1) is 11.3 Å². The summed E-state index contributed by atoms with van der Waals surface area (Å²) < 4.78 is 13.5. The first kappa shape index (κ1) is 12.6. The molecule has 0 radical (unpaired) electrons. The molecule has 1 aromatic heterocycles. The number of aromatic carboxylic acids is 1. The Labute approximate surface area is 108 Å². The van der Waals surface area contributed by atoms with Crippen molar-refractivity contribution in [2.24, 2.45) is 0 Å². The van der Waals surface area contributed by atoms with Crippen LogP contribution in [0.2, 0.25) is 0 Å². The fourth-order valence-corrected chi connectivity index (χ4v) is 2.40. The zero-order valence-electron chi connectivity index (χ0n) is 9.74. The molecule has 0 aliphatic carbocycles. The van der Waals surface area contributed by atoms with Crippen LogP contribution < -0.4 is 5.32 Å². The molecule has 0 atom stereocenters. The van der Waals surface area contributed by atoms with Gasteiger partial charge in [-0.1, -0.05) is 0 Å². The monoisotopic (exact) mass is 265 g/mol. The first-order valence-corrected chi connectivity index (χ1v) is 6.25. The predicted molar refractivity (Wildman–Crippen MR) is 69.7 cm³/mol. The number of nitrogens with one attached hydrogen (secondary N) is 1. The number of anilines is 1. The molecular formula is C13H12FNO2S. The number of halogens is 1. The average molecular weight is 265 g/mol.